The van der Waals surface area contributed by atoms with Gasteiger partial charge in [0.2, 0.25) is 5.82 Å². The molecule has 0 saturated carbocycles. The summed E-state index contributed by atoms with van der Waals surface area (Å²) in [5.74, 6) is -0.838. The number of benzene rings is 1. The number of aliphatic hydroxyl groups is 1. The highest BCUT2D eigenvalue weighted by molar-refractivity contribution is 5.93. The zero-order chi connectivity index (χ0) is 21.3. The van der Waals surface area contributed by atoms with E-state index in [9.17, 15) is 23.1 Å². The van der Waals surface area contributed by atoms with Crippen LogP contribution in [0.5, 0.6) is 0 Å². The van der Waals surface area contributed by atoms with Gasteiger partial charge in [-0.25, -0.2) is 4.98 Å². The van der Waals surface area contributed by atoms with Crippen LogP contribution in [0.15, 0.2) is 59.4 Å². The summed E-state index contributed by atoms with van der Waals surface area (Å²) in [5.41, 5.74) is -0.0986. The number of rotatable bonds is 5. The summed E-state index contributed by atoms with van der Waals surface area (Å²) in [6.07, 6.45) is -1.28. The highest BCUT2D eigenvalue weighted by Crippen LogP contribution is 2.31. The van der Waals surface area contributed by atoms with Crippen LogP contribution in [-0.4, -0.2) is 37.1 Å². The molecule has 1 aromatic carbocycles. The van der Waals surface area contributed by atoms with Crippen LogP contribution in [0.4, 0.5) is 13.2 Å². The topological polar surface area (TPSA) is 106 Å². The molecule has 30 heavy (non-hydrogen) atoms. The standard InChI is InChI=1S/C19H14F3N5O3/c20-19(21,22)12-5-3-4-11(8-12)16-25-18(30-26-16)14(10-28)24-17(29)13-9-27-7-2-1-6-15(27)23-13/h1-9,14,28H,10H2,(H,24,29). The van der Waals surface area contributed by atoms with Crippen molar-refractivity contribution in [3.8, 4) is 11.4 Å². The van der Waals surface area contributed by atoms with E-state index in [0.717, 1.165) is 12.1 Å². The lowest BCUT2D eigenvalue weighted by Gasteiger charge is -2.10. The quantitative estimate of drug-likeness (QED) is 0.517. The van der Waals surface area contributed by atoms with Crippen molar-refractivity contribution in [2.45, 2.75) is 12.2 Å². The molecule has 0 saturated heterocycles. The molecule has 4 aromatic rings. The van der Waals surface area contributed by atoms with Crippen LogP contribution in [0.3, 0.4) is 0 Å². The summed E-state index contributed by atoms with van der Waals surface area (Å²) < 4.78 is 45.4. The Bertz CT molecular complexity index is 1170. The summed E-state index contributed by atoms with van der Waals surface area (Å²) in [7, 11) is 0. The molecule has 8 nitrogen and oxygen atoms in total. The first kappa shape index (κ1) is 19.6. The number of aliphatic hydroxyl groups excluding tert-OH is 1. The van der Waals surface area contributed by atoms with Gasteiger partial charge in [-0.3, -0.25) is 4.79 Å². The Morgan fingerprint density at radius 2 is 2.03 bits per heavy atom. The van der Waals surface area contributed by atoms with Crippen molar-refractivity contribution in [2.75, 3.05) is 6.61 Å². The Morgan fingerprint density at radius 1 is 1.20 bits per heavy atom. The van der Waals surface area contributed by atoms with E-state index in [2.05, 4.69) is 20.4 Å². The number of carbonyl (C=O) groups excluding carboxylic acids is 1. The summed E-state index contributed by atoms with van der Waals surface area (Å²) >= 11 is 0. The zero-order valence-electron chi connectivity index (χ0n) is 15.2. The maximum absolute atomic E-state index is 12.9. The first-order valence-corrected chi connectivity index (χ1v) is 8.72. The molecule has 0 fully saturated rings. The van der Waals surface area contributed by atoms with Gasteiger partial charge < -0.3 is 19.3 Å². The number of nitrogens with zero attached hydrogens (tertiary/aromatic N) is 4. The normalized spacial score (nSPS) is 12.8. The number of alkyl halides is 3. The average molecular weight is 417 g/mol. The van der Waals surface area contributed by atoms with E-state index in [4.69, 9.17) is 4.52 Å². The number of hydrogen-bond donors (Lipinski definition) is 2. The second-order valence-corrected chi connectivity index (χ2v) is 6.34. The fourth-order valence-corrected chi connectivity index (χ4v) is 2.79. The second kappa shape index (κ2) is 7.59. The van der Waals surface area contributed by atoms with Gasteiger partial charge in [0, 0.05) is 18.0 Å². The summed E-state index contributed by atoms with van der Waals surface area (Å²) in [6.45, 7) is -0.566. The highest BCUT2D eigenvalue weighted by atomic mass is 19.4. The summed E-state index contributed by atoms with van der Waals surface area (Å²) in [5, 5.41) is 15.8. The van der Waals surface area contributed by atoms with Crippen LogP contribution in [0.2, 0.25) is 0 Å². The number of halogens is 3. The van der Waals surface area contributed by atoms with Crippen molar-refractivity contribution >= 4 is 11.6 Å². The SMILES string of the molecule is O=C(NC(CO)c1nc(-c2cccc(C(F)(F)F)c2)no1)c1cn2ccccc2n1. The van der Waals surface area contributed by atoms with Crippen LogP contribution >= 0.6 is 0 Å². The minimum Gasteiger partial charge on any atom is -0.394 e. The van der Waals surface area contributed by atoms with E-state index in [-0.39, 0.29) is 23.0 Å². The lowest BCUT2D eigenvalue weighted by molar-refractivity contribution is -0.137. The van der Waals surface area contributed by atoms with Crippen molar-refractivity contribution in [2.24, 2.45) is 0 Å². The van der Waals surface area contributed by atoms with Gasteiger partial charge in [-0.2, -0.15) is 18.2 Å². The third-order valence-corrected chi connectivity index (χ3v) is 4.27. The second-order valence-electron chi connectivity index (χ2n) is 6.34. The highest BCUT2D eigenvalue weighted by Gasteiger charge is 2.31. The third-order valence-electron chi connectivity index (χ3n) is 4.27. The molecule has 0 aliphatic rings. The predicted octanol–water partition coefficient (Wildman–Crippen LogP) is 2.87. The lowest BCUT2D eigenvalue weighted by Crippen LogP contribution is -2.31. The largest absolute Gasteiger partial charge is 0.416 e. The first-order chi connectivity index (χ1) is 14.3. The smallest absolute Gasteiger partial charge is 0.394 e. The number of aromatic nitrogens is 4. The molecule has 2 N–H and O–H groups in total. The lowest BCUT2D eigenvalue weighted by atomic mass is 10.1. The monoisotopic (exact) mass is 417 g/mol. The van der Waals surface area contributed by atoms with Gasteiger partial charge in [-0.1, -0.05) is 23.4 Å². The zero-order valence-corrected chi connectivity index (χ0v) is 15.2. The molecule has 0 radical (unpaired) electrons. The van der Waals surface area contributed by atoms with Gasteiger partial charge in [0.1, 0.15) is 17.4 Å². The van der Waals surface area contributed by atoms with E-state index in [0.29, 0.717) is 5.65 Å². The molecule has 3 aromatic heterocycles. The van der Waals surface area contributed by atoms with Crippen molar-refractivity contribution in [3.63, 3.8) is 0 Å². The summed E-state index contributed by atoms with van der Waals surface area (Å²) in [6, 6.07) is 8.65. The van der Waals surface area contributed by atoms with Crippen LogP contribution in [-0.2, 0) is 6.18 Å². The first-order valence-electron chi connectivity index (χ1n) is 8.72. The molecule has 1 unspecified atom stereocenters. The van der Waals surface area contributed by atoms with Gasteiger partial charge in [-0.15, -0.1) is 0 Å². The van der Waals surface area contributed by atoms with Crippen LogP contribution in [0.25, 0.3) is 17.0 Å². The van der Waals surface area contributed by atoms with Gasteiger partial charge >= 0.3 is 6.18 Å². The van der Waals surface area contributed by atoms with E-state index in [1.165, 1.54) is 18.3 Å². The molecule has 1 atom stereocenters. The molecule has 0 aliphatic heterocycles. The molecule has 3 heterocycles. The van der Waals surface area contributed by atoms with Crippen molar-refractivity contribution in [1.29, 1.82) is 0 Å². The van der Waals surface area contributed by atoms with Crippen LogP contribution in [0, 0.1) is 0 Å². The number of amides is 1. The van der Waals surface area contributed by atoms with Crippen molar-refractivity contribution in [1.82, 2.24) is 24.8 Å². The number of hydrogen-bond acceptors (Lipinski definition) is 6. The Balaban J connectivity index is 1.54. The number of pyridine rings is 1. The molecule has 4 rings (SSSR count). The maximum atomic E-state index is 12.9. The van der Waals surface area contributed by atoms with E-state index in [1.54, 1.807) is 28.8 Å². The fourth-order valence-electron chi connectivity index (χ4n) is 2.79. The summed E-state index contributed by atoms with van der Waals surface area (Å²) in [4.78, 5) is 20.7. The maximum Gasteiger partial charge on any atom is 0.416 e. The number of imidazole rings is 1. The van der Waals surface area contributed by atoms with Crippen LogP contribution in [0.1, 0.15) is 28.0 Å². The minimum atomic E-state index is -4.52. The van der Waals surface area contributed by atoms with E-state index in [1.807, 2.05) is 0 Å². The van der Waals surface area contributed by atoms with Gasteiger partial charge in [-0.05, 0) is 24.3 Å². The Kier molecular flexibility index (Phi) is 4.96. The minimum absolute atomic E-state index is 0.0863. The average Bonchev–Trinajstić information content (AvgIpc) is 3.38. The fraction of sp³-hybridized carbons (Fsp3) is 0.158. The van der Waals surface area contributed by atoms with E-state index >= 15 is 0 Å². The third kappa shape index (κ3) is 3.87. The Hall–Kier alpha value is -3.73. The Labute approximate surface area is 167 Å². The molecule has 0 bridgehead atoms. The molecule has 0 spiro atoms. The Morgan fingerprint density at radius 3 is 2.77 bits per heavy atom. The van der Waals surface area contributed by atoms with Crippen molar-refractivity contribution in [3.05, 3.63) is 72.0 Å². The molecule has 1 amide bonds. The molecule has 0 aliphatic carbocycles. The molecule has 11 heteroatoms. The molecular weight excluding hydrogens is 403 g/mol. The van der Waals surface area contributed by atoms with Gasteiger partial charge in [0.05, 0.1) is 12.2 Å². The molecule has 154 valence electrons. The molecular formula is C19H14F3N5O3. The van der Waals surface area contributed by atoms with Gasteiger partial charge in [0.25, 0.3) is 11.8 Å². The van der Waals surface area contributed by atoms with Crippen LogP contribution < -0.4 is 5.32 Å². The number of carbonyl (C=O) groups is 1. The number of nitrogens with one attached hydrogen (secondary N) is 1. The predicted molar refractivity (Wildman–Crippen MR) is 97.2 cm³/mol. The van der Waals surface area contributed by atoms with Gasteiger partial charge in [0.15, 0.2) is 0 Å². The van der Waals surface area contributed by atoms with Crippen molar-refractivity contribution < 1.29 is 27.6 Å². The van der Waals surface area contributed by atoms with E-state index < -0.39 is 30.3 Å². The number of fused-ring (bicyclic) bond motifs is 1.